The maximum absolute atomic E-state index is 13.0. The molecule has 0 saturated carbocycles. The number of ether oxygens (including phenoxy) is 1. The van der Waals surface area contributed by atoms with Gasteiger partial charge in [0.15, 0.2) is 0 Å². The quantitative estimate of drug-likeness (QED) is 0.400. The molecule has 0 bridgehead atoms. The van der Waals surface area contributed by atoms with Crippen LogP contribution in [0.2, 0.25) is 5.02 Å². The van der Waals surface area contributed by atoms with Gasteiger partial charge in [-0.1, -0.05) is 11.6 Å². The van der Waals surface area contributed by atoms with Crippen molar-refractivity contribution in [1.82, 2.24) is 0 Å². The van der Waals surface area contributed by atoms with Crippen LogP contribution in [0.4, 0.5) is 18.9 Å². The number of anilines is 1. The summed E-state index contributed by atoms with van der Waals surface area (Å²) in [5.74, 6) is 0.993. The van der Waals surface area contributed by atoms with Gasteiger partial charge in [0.1, 0.15) is 17.1 Å². The maximum Gasteiger partial charge on any atom is 0.416 e. The van der Waals surface area contributed by atoms with Crippen molar-refractivity contribution < 1.29 is 27.1 Å². The molecule has 1 aromatic heterocycles. The second kappa shape index (κ2) is 8.78. The molecule has 2 aromatic carbocycles. The fourth-order valence-corrected chi connectivity index (χ4v) is 4.50. The van der Waals surface area contributed by atoms with Crippen molar-refractivity contribution in [3.8, 4) is 5.75 Å². The number of carbonyl (C=O) groups is 1. The molecule has 1 N–H and O–H groups in total. The van der Waals surface area contributed by atoms with E-state index in [1.807, 2.05) is 13.0 Å². The third-order valence-corrected chi connectivity index (χ3v) is 6.28. The lowest BCUT2D eigenvalue weighted by molar-refractivity contribution is -0.137. The number of alkyl halides is 3. The number of hydrogen-bond donors (Lipinski definition) is 1. The number of methoxy groups -OCH3 is 1. The van der Waals surface area contributed by atoms with Gasteiger partial charge in [0.05, 0.1) is 23.4 Å². The minimum Gasteiger partial charge on any atom is -0.496 e. The topological polar surface area (TPSA) is 51.5 Å². The van der Waals surface area contributed by atoms with Gasteiger partial charge in [-0.05, 0) is 62.9 Å². The lowest BCUT2D eigenvalue weighted by atomic mass is 9.93. The van der Waals surface area contributed by atoms with Crippen LogP contribution in [0.25, 0.3) is 16.5 Å². The molecule has 33 heavy (non-hydrogen) atoms. The van der Waals surface area contributed by atoms with Crippen LogP contribution >= 0.6 is 11.6 Å². The molecule has 0 unspecified atom stereocenters. The first kappa shape index (κ1) is 23.2. The lowest BCUT2D eigenvalue weighted by Gasteiger charge is -2.14. The fraction of sp³-hybridized carbons (Fsp3) is 0.320. The van der Waals surface area contributed by atoms with E-state index < -0.39 is 17.6 Å². The van der Waals surface area contributed by atoms with Crippen molar-refractivity contribution >= 4 is 39.7 Å². The highest BCUT2D eigenvalue weighted by molar-refractivity contribution is 6.33. The second-order valence-electron chi connectivity index (χ2n) is 8.18. The zero-order valence-electron chi connectivity index (χ0n) is 18.5. The van der Waals surface area contributed by atoms with Crippen LogP contribution in [-0.4, -0.2) is 13.0 Å². The Bertz CT molecular complexity index is 1270. The minimum absolute atomic E-state index is 0.0160. The summed E-state index contributed by atoms with van der Waals surface area (Å²) in [6.07, 6.45) is 0.803. The number of aryl methyl sites for hydroxylation is 3. The number of amides is 1. The molecule has 1 heterocycles. The summed E-state index contributed by atoms with van der Waals surface area (Å²) in [5, 5.41) is 3.47. The van der Waals surface area contributed by atoms with Crippen molar-refractivity contribution in [1.29, 1.82) is 0 Å². The van der Waals surface area contributed by atoms with Gasteiger partial charge in [-0.15, -0.1) is 0 Å². The van der Waals surface area contributed by atoms with E-state index >= 15 is 0 Å². The standard InChI is InChI=1S/C25H23ClF3NO3/c1-13(10-22(31)30-20-11-15(25(27,28)29)8-9-19(20)26)17-12-18-16-6-4-5-7-21(16)33-24(18)14(2)23(17)32-3/h8-12H,4-7H2,1-3H3,(H,30,31)/b13-10+. The Labute approximate surface area is 194 Å². The summed E-state index contributed by atoms with van der Waals surface area (Å²) >= 11 is 6.00. The third-order valence-electron chi connectivity index (χ3n) is 5.95. The zero-order chi connectivity index (χ0) is 23.9. The molecule has 0 radical (unpaired) electrons. The lowest BCUT2D eigenvalue weighted by Crippen LogP contribution is -2.11. The van der Waals surface area contributed by atoms with Crippen LogP contribution in [0.3, 0.4) is 0 Å². The Morgan fingerprint density at radius 1 is 1.21 bits per heavy atom. The summed E-state index contributed by atoms with van der Waals surface area (Å²) in [6, 6.07) is 4.76. The summed E-state index contributed by atoms with van der Waals surface area (Å²) in [7, 11) is 1.55. The van der Waals surface area contributed by atoms with Crippen molar-refractivity contribution in [2.45, 2.75) is 45.7 Å². The maximum atomic E-state index is 13.0. The van der Waals surface area contributed by atoms with Crippen LogP contribution < -0.4 is 10.1 Å². The molecule has 1 aliphatic carbocycles. The van der Waals surface area contributed by atoms with Crippen LogP contribution in [0, 0.1) is 6.92 Å². The molecule has 8 heteroatoms. The molecule has 0 aliphatic heterocycles. The van der Waals surface area contributed by atoms with Crippen molar-refractivity contribution in [2.24, 2.45) is 0 Å². The monoisotopic (exact) mass is 477 g/mol. The summed E-state index contributed by atoms with van der Waals surface area (Å²) in [5.41, 5.74) is 3.14. The normalized spacial score (nSPS) is 14.3. The Morgan fingerprint density at radius 3 is 2.64 bits per heavy atom. The van der Waals surface area contributed by atoms with Crippen LogP contribution in [-0.2, 0) is 23.8 Å². The van der Waals surface area contributed by atoms with E-state index in [0.29, 0.717) is 11.3 Å². The number of fused-ring (bicyclic) bond motifs is 3. The van der Waals surface area contributed by atoms with Crippen LogP contribution in [0.5, 0.6) is 5.75 Å². The molecule has 1 amide bonds. The summed E-state index contributed by atoms with van der Waals surface area (Å²) in [6.45, 7) is 3.67. The molecule has 0 spiro atoms. The Morgan fingerprint density at radius 2 is 1.94 bits per heavy atom. The first-order valence-corrected chi connectivity index (χ1v) is 11.0. The summed E-state index contributed by atoms with van der Waals surface area (Å²) < 4.78 is 50.8. The second-order valence-corrected chi connectivity index (χ2v) is 8.59. The highest BCUT2D eigenvalue weighted by Crippen LogP contribution is 2.41. The predicted molar refractivity (Wildman–Crippen MR) is 123 cm³/mol. The van der Waals surface area contributed by atoms with Crippen molar-refractivity contribution in [2.75, 3.05) is 12.4 Å². The van der Waals surface area contributed by atoms with Gasteiger partial charge >= 0.3 is 6.18 Å². The zero-order valence-corrected chi connectivity index (χ0v) is 19.2. The molecule has 0 atom stereocenters. The van der Waals surface area contributed by atoms with Gasteiger partial charge in [0, 0.05) is 34.6 Å². The molecule has 3 aromatic rings. The van der Waals surface area contributed by atoms with Gasteiger partial charge < -0.3 is 14.5 Å². The van der Waals surface area contributed by atoms with E-state index in [9.17, 15) is 18.0 Å². The molecule has 1 aliphatic rings. The number of furan rings is 1. The largest absolute Gasteiger partial charge is 0.496 e. The van der Waals surface area contributed by atoms with Gasteiger partial charge in [0.25, 0.3) is 0 Å². The van der Waals surface area contributed by atoms with E-state index in [0.717, 1.165) is 71.7 Å². The van der Waals surface area contributed by atoms with E-state index in [1.54, 1.807) is 14.0 Å². The number of nitrogens with one attached hydrogen (secondary N) is 1. The highest BCUT2D eigenvalue weighted by Gasteiger charge is 2.31. The Balaban J connectivity index is 1.70. The Kier molecular flexibility index (Phi) is 6.18. The van der Waals surface area contributed by atoms with Crippen molar-refractivity contribution in [3.63, 3.8) is 0 Å². The van der Waals surface area contributed by atoms with Gasteiger partial charge in [-0.25, -0.2) is 0 Å². The molecule has 4 rings (SSSR count). The smallest absolute Gasteiger partial charge is 0.416 e. The first-order valence-electron chi connectivity index (χ1n) is 10.6. The molecule has 0 fully saturated rings. The van der Waals surface area contributed by atoms with Crippen molar-refractivity contribution in [3.05, 3.63) is 63.4 Å². The Hall–Kier alpha value is -2.93. The minimum atomic E-state index is -4.54. The van der Waals surface area contributed by atoms with Gasteiger partial charge in [0.2, 0.25) is 5.91 Å². The fourth-order valence-electron chi connectivity index (χ4n) is 4.33. The average molecular weight is 478 g/mol. The van der Waals surface area contributed by atoms with Crippen LogP contribution in [0.1, 0.15) is 47.8 Å². The van der Waals surface area contributed by atoms with E-state index in [1.165, 1.54) is 11.6 Å². The number of halogens is 4. The third kappa shape index (κ3) is 4.47. The van der Waals surface area contributed by atoms with E-state index in [4.69, 9.17) is 20.8 Å². The molecule has 0 saturated heterocycles. The molecule has 174 valence electrons. The summed E-state index contributed by atoms with van der Waals surface area (Å²) in [4.78, 5) is 12.7. The molecular formula is C25H23ClF3NO3. The van der Waals surface area contributed by atoms with Gasteiger partial charge in [-0.3, -0.25) is 4.79 Å². The van der Waals surface area contributed by atoms with E-state index in [-0.39, 0.29) is 10.7 Å². The van der Waals surface area contributed by atoms with E-state index in [2.05, 4.69) is 5.32 Å². The first-order chi connectivity index (χ1) is 15.6. The van der Waals surface area contributed by atoms with Crippen LogP contribution in [0.15, 0.2) is 34.8 Å². The van der Waals surface area contributed by atoms with Gasteiger partial charge in [-0.2, -0.15) is 13.2 Å². The highest BCUT2D eigenvalue weighted by atomic mass is 35.5. The number of benzene rings is 2. The number of hydrogen-bond acceptors (Lipinski definition) is 3. The molecule has 4 nitrogen and oxygen atoms in total. The molecular weight excluding hydrogens is 455 g/mol. The predicted octanol–water partition coefficient (Wildman–Crippen LogP) is 7.34. The average Bonchev–Trinajstić information content (AvgIpc) is 3.13. The number of allylic oxidation sites excluding steroid dienone is 1. The number of rotatable bonds is 4. The SMILES string of the molecule is COc1c(/C(C)=C/C(=O)Nc2cc(C(F)(F)F)ccc2Cl)cc2c3c(oc2c1C)CCCC3. The number of carbonyl (C=O) groups excluding carboxylic acids is 1.